The van der Waals surface area contributed by atoms with Gasteiger partial charge in [-0.05, 0) is 35.7 Å². The third-order valence-electron chi connectivity index (χ3n) is 2.97. The van der Waals surface area contributed by atoms with E-state index in [9.17, 15) is 8.42 Å². The predicted molar refractivity (Wildman–Crippen MR) is 78.8 cm³/mol. The molecule has 0 saturated heterocycles. The average molecular weight is 291 g/mol. The fourth-order valence-corrected chi connectivity index (χ4v) is 3.32. The molecule has 20 heavy (non-hydrogen) atoms. The number of nitrogens with one attached hydrogen (secondary N) is 1. The van der Waals surface area contributed by atoms with Crippen LogP contribution in [0.5, 0.6) is 0 Å². The van der Waals surface area contributed by atoms with Crippen molar-refractivity contribution in [2.24, 2.45) is 5.73 Å². The molecule has 1 heterocycles. The summed E-state index contributed by atoms with van der Waals surface area (Å²) in [5.41, 5.74) is 7.63. The highest BCUT2D eigenvalue weighted by Crippen LogP contribution is 2.21. The Hall–Kier alpha value is -1.92. The molecule has 0 saturated carbocycles. The first-order chi connectivity index (χ1) is 9.56. The Morgan fingerprint density at radius 3 is 2.50 bits per heavy atom. The van der Waals surface area contributed by atoms with Gasteiger partial charge in [0.15, 0.2) is 0 Å². The highest BCUT2D eigenvalue weighted by molar-refractivity contribution is 7.92. The van der Waals surface area contributed by atoms with Crippen molar-refractivity contribution in [1.82, 2.24) is 4.98 Å². The van der Waals surface area contributed by atoms with Crippen molar-refractivity contribution in [3.8, 4) is 0 Å². The van der Waals surface area contributed by atoms with Crippen molar-refractivity contribution in [3.05, 3.63) is 53.9 Å². The van der Waals surface area contributed by atoms with Crippen molar-refractivity contribution in [1.29, 1.82) is 0 Å². The second kappa shape index (κ2) is 6.02. The zero-order chi connectivity index (χ0) is 14.6. The molecule has 0 spiro atoms. The van der Waals surface area contributed by atoms with Crippen LogP contribution >= 0.6 is 0 Å². The summed E-state index contributed by atoms with van der Waals surface area (Å²) in [5, 5.41) is 0. The molecule has 0 bridgehead atoms. The first-order valence-electron chi connectivity index (χ1n) is 6.31. The number of hydrogen-bond acceptors (Lipinski definition) is 4. The maximum absolute atomic E-state index is 12.5. The summed E-state index contributed by atoms with van der Waals surface area (Å²) in [5.74, 6) is 0. The zero-order valence-corrected chi connectivity index (χ0v) is 12.0. The fraction of sp³-hybridized carbons (Fsp3) is 0.214. The number of pyridine rings is 1. The summed E-state index contributed by atoms with van der Waals surface area (Å²) in [6, 6.07) is 8.50. The summed E-state index contributed by atoms with van der Waals surface area (Å²) in [4.78, 5) is 4.14. The molecule has 2 rings (SSSR count). The first kappa shape index (κ1) is 14.5. The molecule has 0 aliphatic rings. The molecule has 0 radical (unpaired) electrons. The van der Waals surface area contributed by atoms with Crippen LogP contribution in [0.2, 0.25) is 0 Å². The molecule has 0 amide bonds. The molecule has 3 N–H and O–H groups in total. The summed E-state index contributed by atoms with van der Waals surface area (Å²) >= 11 is 0. The van der Waals surface area contributed by atoms with Crippen LogP contribution in [0.25, 0.3) is 0 Å². The maximum atomic E-state index is 12.5. The van der Waals surface area contributed by atoms with E-state index >= 15 is 0 Å². The Morgan fingerprint density at radius 2 is 1.90 bits per heavy atom. The zero-order valence-electron chi connectivity index (χ0n) is 11.2. The second-order valence-electron chi connectivity index (χ2n) is 4.34. The minimum atomic E-state index is -3.62. The molecule has 0 unspecified atom stereocenters. The van der Waals surface area contributed by atoms with Crippen LogP contribution in [-0.2, 0) is 23.0 Å². The van der Waals surface area contributed by atoms with Gasteiger partial charge < -0.3 is 5.73 Å². The van der Waals surface area contributed by atoms with E-state index in [1.165, 1.54) is 12.4 Å². The van der Waals surface area contributed by atoms with Crippen LogP contribution in [0.1, 0.15) is 18.1 Å². The Labute approximate surface area is 118 Å². The van der Waals surface area contributed by atoms with Crippen molar-refractivity contribution in [3.63, 3.8) is 0 Å². The van der Waals surface area contributed by atoms with Gasteiger partial charge in [0.25, 0.3) is 10.0 Å². The van der Waals surface area contributed by atoms with Crippen LogP contribution < -0.4 is 10.5 Å². The third kappa shape index (κ3) is 3.15. The molecule has 5 nitrogen and oxygen atoms in total. The topological polar surface area (TPSA) is 85.1 Å². The SMILES string of the molecule is CCc1ccc(CN)cc1S(=O)(=O)Nc1ccncc1. The number of hydrogen-bond donors (Lipinski definition) is 2. The van der Waals surface area contributed by atoms with Gasteiger partial charge in [0.2, 0.25) is 0 Å². The van der Waals surface area contributed by atoms with Gasteiger partial charge in [-0.15, -0.1) is 0 Å². The number of sulfonamides is 1. The van der Waals surface area contributed by atoms with E-state index in [-0.39, 0.29) is 4.90 Å². The lowest BCUT2D eigenvalue weighted by molar-refractivity contribution is 0.600. The molecule has 1 aromatic heterocycles. The first-order valence-corrected chi connectivity index (χ1v) is 7.80. The third-order valence-corrected chi connectivity index (χ3v) is 4.43. The van der Waals surface area contributed by atoms with Crippen LogP contribution in [-0.4, -0.2) is 13.4 Å². The van der Waals surface area contributed by atoms with Gasteiger partial charge in [0, 0.05) is 18.9 Å². The van der Waals surface area contributed by atoms with Gasteiger partial charge in [-0.1, -0.05) is 19.1 Å². The monoisotopic (exact) mass is 291 g/mol. The van der Waals surface area contributed by atoms with Gasteiger partial charge in [0.1, 0.15) is 0 Å². The molecule has 6 heteroatoms. The predicted octanol–water partition coefficient (Wildman–Crippen LogP) is 1.90. The van der Waals surface area contributed by atoms with Crippen molar-refractivity contribution >= 4 is 15.7 Å². The Balaban J connectivity index is 2.43. The molecule has 0 aliphatic carbocycles. The van der Waals surface area contributed by atoms with Crippen molar-refractivity contribution in [2.45, 2.75) is 24.8 Å². The highest BCUT2D eigenvalue weighted by atomic mass is 32.2. The van der Waals surface area contributed by atoms with Gasteiger partial charge >= 0.3 is 0 Å². The molecule has 0 aliphatic heterocycles. The van der Waals surface area contributed by atoms with Crippen LogP contribution in [0, 0.1) is 0 Å². The molecule has 0 atom stereocenters. The van der Waals surface area contributed by atoms with E-state index in [0.717, 1.165) is 11.1 Å². The minimum absolute atomic E-state index is 0.278. The maximum Gasteiger partial charge on any atom is 0.262 e. The van der Waals surface area contributed by atoms with E-state index in [1.807, 2.05) is 19.1 Å². The largest absolute Gasteiger partial charge is 0.326 e. The van der Waals surface area contributed by atoms with Gasteiger partial charge in [0.05, 0.1) is 10.6 Å². The smallest absolute Gasteiger partial charge is 0.262 e. The van der Waals surface area contributed by atoms with Crippen molar-refractivity contribution < 1.29 is 8.42 Å². The van der Waals surface area contributed by atoms with Crippen molar-refractivity contribution in [2.75, 3.05) is 4.72 Å². The van der Waals surface area contributed by atoms with Crippen LogP contribution in [0.4, 0.5) is 5.69 Å². The molecule has 0 fully saturated rings. The van der Waals surface area contributed by atoms with E-state index in [1.54, 1.807) is 18.2 Å². The molecule has 106 valence electrons. The van der Waals surface area contributed by atoms with E-state index in [4.69, 9.17) is 5.73 Å². The fourth-order valence-electron chi connectivity index (χ4n) is 1.90. The molecular weight excluding hydrogens is 274 g/mol. The number of benzene rings is 1. The number of anilines is 1. The Bertz CT molecular complexity index is 685. The molecule has 1 aromatic carbocycles. The standard InChI is InChI=1S/C14H17N3O2S/c1-2-12-4-3-11(10-15)9-14(12)20(18,19)17-13-5-7-16-8-6-13/h3-9H,2,10,15H2,1H3,(H,16,17). The molecular formula is C14H17N3O2S. The number of aryl methyl sites for hydroxylation is 1. The summed E-state index contributed by atoms with van der Waals surface area (Å²) in [6.07, 6.45) is 3.71. The number of rotatable bonds is 5. The molecule has 2 aromatic rings. The second-order valence-corrected chi connectivity index (χ2v) is 5.99. The highest BCUT2D eigenvalue weighted by Gasteiger charge is 2.18. The lowest BCUT2D eigenvalue weighted by atomic mass is 10.1. The van der Waals surface area contributed by atoms with Gasteiger partial charge in [-0.2, -0.15) is 0 Å². The summed E-state index contributed by atoms with van der Waals surface area (Å²) < 4.78 is 27.5. The van der Waals surface area contributed by atoms with Gasteiger partial charge in [-0.3, -0.25) is 9.71 Å². The minimum Gasteiger partial charge on any atom is -0.326 e. The van der Waals surface area contributed by atoms with E-state index in [0.29, 0.717) is 18.7 Å². The number of nitrogens with two attached hydrogens (primary N) is 1. The van der Waals surface area contributed by atoms with Crippen LogP contribution in [0.15, 0.2) is 47.6 Å². The van der Waals surface area contributed by atoms with E-state index < -0.39 is 10.0 Å². The Morgan fingerprint density at radius 1 is 1.20 bits per heavy atom. The average Bonchev–Trinajstić information content (AvgIpc) is 2.47. The lowest BCUT2D eigenvalue weighted by Crippen LogP contribution is -2.15. The summed E-state index contributed by atoms with van der Waals surface area (Å²) in [7, 11) is -3.62. The van der Waals surface area contributed by atoms with Gasteiger partial charge in [-0.25, -0.2) is 8.42 Å². The normalized spacial score (nSPS) is 11.3. The van der Waals surface area contributed by atoms with Crippen LogP contribution in [0.3, 0.4) is 0 Å². The quantitative estimate of drug-likeness (QED) is 0.881. The number of nitrogens with zero attached hydrogens (tertiary/aromatic N) is 1. The van der Waals surface area contributed by atoms with E-state index in [2.05, 4.69) is 9.71 Å². The summed E-state index contributed by atoms with van der Waals surface area (Å²) in [6.45, 7) is 2.23. The Kier molecular flexibility index (Phi) is 4.36. The lowest BCUT2D eigenvalue weighted by Gasteiger charge is -2.12. The number of aromatic nitrogens is 1.